The molecule has 10 heteroatoms. The van der Waals surface area contributed by atoms with Crippen molar-refractivity contribution in [3.05, 3.63) is 54.0 Å². The van der Waals surface area contributed by atoms with E-state index in [0.717, 1.165) is 22.6 Å². The number of anilines is 2. The van der Waals surface area contributed by atoms with Crippen LogP contribution < -0.4 is 10.6 Å². The van der Waals surface area contributed by atoms with Crippen LogP contribution in [-0.4, -0.2) is 54.0 Å². The van der Waals surface area contributed by atoms with Crippen molar-refractivity contribution in [1.82, 2.24) is 24.6 Å². The van der Waals surface area contributed by atoms with Gasteiger partial charge in [0, 0.05) is 24.8 Å². The van der Waals surface area contributed by atoms with Crippen LogP contribution in [0.2, 0.25) is 0 Å². The smallest absolute Gasteiger partial charge is 0.229 e. The Kier molecular flexibility index (Phi) is 6.10. The quantitative estimate of drug-likeness (QED) is 0.320. The molecule has 0 amide bonds. The maximum Gasteiger partial charge on any atom is 0.229 e. The lowest BCUT2D eigenvalue weighted by molar-refractivity contribution is 0.105. The molecule has 0 bridgehead atoms. The van der Waals surface area contributed by atoms with Gasteiger partial charge < -0.3 is 25.3 Å². The SMILES string of the molecule is CC(C)c1cnn2c(NCc3ccc(-c4ccco4)nc3)nc(NC[C@@H](O)CO)nc12. The molecule has 0 aliphatic carbocycles. The van der Waals surface area contributed by atoms with Gasteiger partial charge in [0.05, 0.1) is 25.2 Å². The highest BCUT2D eigenvalue weighted by atomic mass is 16.3. The van der Waals surface area contributed by atoms with Crippen LogP contribution in [0.25, 0.3) is 17.1 Å². The van der Waals surface area contributed by atoms with Crippen LogP contribution in [0.15, 0.2) is 47.3 Å². The van der Waals surface area contributed by atoms with Crippen molar-refractivity contribution in [2.24, 2.45) is 0 Å². The molecular formula is C21H25N7O3. The summed E-state index contributed by atoms with van der Waals surface area (Å²) < 4.78 is 7.03. The zero-order valence-corrected chi connectivity index (χ0v) is 17.4. The van der Waals surface area contributed by atoms with Crippen molar-refractivity contribution in [2.45, 2.75) is 32.4 Å². The summed E-state index contributed by atoms with van der Waals surface area (Å²) in [5, 5.41) is 29.4. The van der Waals surface area contributed by atoms with Gasteiger partial charge in [0.1, 0.15) is 5.69 Å². The fourth-order valence-corrected chi connectivity index (χ4v) is 3.05. The highest BCUT2D eigenvalue weighted by Gasteiger charge is 2.16. The number of pyridine rings is 1. The Balaban J connectivity index is 1.56. The highest BCUT2D eigenvalue weighted by molar-refractivity contribution is 5.56. The van der Waals surface area contributed by atoms with E-state index >= 15 is 0 Å². The van der Waals surface area contributed by atoms with Crippen LogP contribution >= 0.6 is 0 Å². The Morgan fingerprint density at radius 2 is 2.00 bits per heavy atom. The number of nitrogens with zero attached hydrogens (tertiary/aromatic N) is 5. The van der Waals surface area contributed by atoms with Gasteiger partial charge in [0.15, 0.2) is 11.4 Å². The zero-order chi connectivity index (χ0) is 21.8. The molecule has 0 aliphatic rings. The van der Waals surface area contributed by atoms with Gasteiger partial charge in [-0.25, -0.2) is 0 Å². The fourth-order valence-electron chi connectivity index (χ4n) is 3.05. The van der Waals surface area contributed by atoms with Crippen molar-refractivity contribution in [3.8, 4) is 11.5 Å². The molecule has 31 heavy (non-hydrogen) atoms. The van der Waals surface area contributed by atoms with Crippen molar-refractivity contribution in [3.63, 3.8) is 0 Å². The van der Waals surface area contributed by atoms with E-state index in [2.05, 4.69) is 44.5 Å². The predicted molar refractivity (Wildman–Crippen MR) is 116 cm³/mol. The molecule has 0 fully saturated rings. The average molecular weight is 423 g/mol. The number of hydrogen-bond donors (Lipinski definition) is 4. The van der Waals surface area contributed by atoms with Crippen LogP contribution in [0.3, 0.4) is 0 Å². The summed E-state index contributed by atoms with van der Waals surface area (Å²) in [6, 6.07) is 7.56. The number of nitrogens with one attached hydrogen (secondary N) is 2. The summed E-state index contributed by atoms with van der Waals surface area (Å²) in [5.74, 6) is 1.80. The number of aromatic nitrogens is 5. The third-order valence-electron chi connectivity index (χ3n) is 4.77. The number of fused-ring (bicyclic) bond motifs is 1. The molecule has 0 aromatic carbocycles. The zero-order valence-electron chi connectivity index (χ0n) is 17.4. The van der Waals surface area contributed by atoms with Gasteiger partial charge in [0.2, 0.25) is 11.9 Å². The molecule has 0 spiro atoms. The van der Waals surface area contributed by atoms with E-state index < -0.39 is 6.10 Å². The summed E-state index contributed by atoms with van der Waals surface area (Å²) in [6.45, 7) is 4.41. The molecule has 0 aliphatic heterocycles. The Labute approximate surface area is 179 Å². The monoisotopic (exact) mass is 423 g/mol. The van der Waals surface area contributed by atoms with Crippen molar-refractivity contribution >= 4 is 17.5 Å². The second-order valence-electron chi connectivity index (χ2n) is 7.46. The molecule has 0 saturated carbocycles. The first-order valence-corrected chi connectivity index (χ1v) is 10.1. The summed E-state index contributed by atoms with van der Waals surface area (Å²) in [7, 11) is 0. The molecule has 1 atom stereocenters. The lowest BCUT2D eigenvalue weighted by Gasteiger charge is -2.13. The fraction of sp³-hybridized carbons (Fsp3) is 0.333. The minimum absolute atomic E-state index is 0.134. The predicted octanol–water partition coefficient (Wildman–Crippen LogP) is 2.28. The number of rotatable bonds is 9. The third-order valence-corrected chi connectivity index (χ3v) is 4.77. The minimum Gasteiger partial charge on any atom is -0.463 e. The van der Waals surface area contributed by atoms with E-state index in [1.807, 2.05) is 24.3 Å². The van der Waals surface area contributed by atoms with Crippen LogP contribution in [-0.2, 0) is 6.54 Å². The van der Waals surface area contributed by atoms with Gasteiger partial charge in [-0.2, -0.15) is 19.6 Å². The summed E-state index contributed by atoms with van der Waals surface area (Å²) >= 11 is 0. The maximum atomic E-state index is 9.63. The van der Waals surface area contributed by atoms with Gasteiger partial charge >= 0.3 is 0 Å². The van der Waals surface area contributed by atoms with E-state index in [9.17, 15) is 5.11 Å². The van der Waals surface area contributed by atoms with E-state index in [1.54, 1.807) is 23.2 Å². The topological polar surface area (TPSA) is 134 Å². The Hall–Kier alpha value is -3.50. The van der Waals surface area contributed by atoms with Crippen molar-refractivity contribution in [2.75, 3.05) is 23.8 Å². The highest BCUT2D eigenvalue weighted by Crippen LogP contribution is 2.22. The van der Waals surface area contributed by atoms with Crippen molar-refractivity contribution < 1.29 is 14.6 Å². The molecule has 4 rings (SSSR count). The first-order chi connectivity index (χ1) is 15.0. The molecule has 4 N–H and O–H groups in total. The largest absolute Gasteiger partial charge is 0.463 e. The third kappa shape index (κ3) is 4.65. The van der Waals surface area contributed by atoms with E-state index in [4.69, 9.17) is 9.52 Å². The van der Waals surface area contributed by atoms with Gasteiger partial charge in [-0.1, -0.05) is 19.9 Å². The molecule has 4 aromatic rings. The molecule has 0 saturated heterocycles. The lowest BCUT2D eigenvalue weighted by Crippen LogP contribution is -2.24. The molecule has 10 nitrogen and oxygen atoms in total. The van der Waals surface area contributed by atoms with E-state index in [1.165, 1.54) is 0 Å². The lowest BCUT2D eigenvalue weighted by atomic mass is 10.1. The average Bonchev–Trinajstić information content (AvgIpc) is 3.46. The van der Waals surface area contributed by atoms with E-state index in [0.29, 0.717) is 24.1 Å². The maximum absolute atomic E-state index is 9.63. The van der Waals surface area contributed by atoms with Crippen LogP contribution in [0.1, 0.15) is 30.9 Å². The van der Waals surface area contributed by atoms with Gasteiger partial charge in [0.25, 0.3) is 0 Å². The first kappa shape index (κ1) is 20.8. The normalized spacial score (nSPS) is 12.4. The van der Waals surface area contributed by atoms with Crippen LogP contribution in [0.4, 0.5) is 11.9 Å². The van der Waals surface area contributed by atoms with Gasteiger partial charge in [-0.05, 0) is 29.7 Å². The Morgan fingerprint density at radius 3 is 2.68 bits per heavy atom. The molecule has 162 valence electrons. The second kappa shape index (κ2) is 9.11. The number of aliphatic hydroxyl groups excluding tert-OH is 2. The second-order valence-corrected chi connectivity index (χ2v) is 7.46. The summed E-state index contributed by atoms with van der Waals surface area (Å²) in [6.07, 6.45) is 4.28. The van der Waals surface area contributed by atoms with Gasteiger partial charge in [-0.15, -0.1) is 0 Å². The van der Waals surface area contributed by atoms with Gasteiger partial charge in [-0.3, -0.25) is 4.98 Å². The Morgan fingerprint density at radius 1 is 1.13 bits per heavy atom. The standard InChI is InChI=1S/C21H25N7O3/c1-13(2)16-11-25-28-19(16)26-20(23-10-15(30)12-29)27-21(28)24-9-14-5-6-17(22-8-14)18-4-3-7-31-18/h3-8,11,13,15,29-30H,9-10,12H2,1-2H3,(H2,23,24,26,27)/t15-/m1/s1. The number of furan rings is 1. The van der Waals surface area contributed by atoms with Crippen molar-refractivity contribution in [1.29, 1.82) is 0 Å². The summed E-state index contributed by atoms with van der Waals surface area (Å²) in [5.41, 5.74) is 3.39. The number of hydrogen-bond acceptors (Lipinski definition) is 9. The number of aliphatic hydroxyl groups is 2. The molecular weight excluding hydrogens is 398 g/mol. The Bertz CT molecular complexity index is 1120. The summed E-state index contributed by atoms with van der Waals surface area (Å²) in [4.78, 5) is 13.5. The molecule has 0 radical (unpaired) electrons. The minimum atomic E-state index is -0.899. The molecule has 0 unspecified atom stereocenters. The van der Waals surface area contributed by atoms with E-state index in [-0.39, 0.29) is 19.1 Å². The van der Waals surface area contributed by atoms with Crippen LogP contribution in [0.5, 0.6) is 0 Å². The molecule has 4 heterocycles. The first-order valence-electron chi connectivity index (χ1n) is 10.1. The molecule has 4 aromatic heterocycles. The van der Waals surface area contributed by atoms with Crippen LogP contribution in [0, 0.1) is 0 Å².